The minimum Gasteiger partial charge on any atom is -0.459 e. The van der Waals surface area contributed by atoms with Crippen LogP contribution in [0.5, 0.6) is 0 Å². The van der Waals surface area contributed by atoms with Crippen LogP contribution in [0.3, 0.4) is 0 Å². The van der Waals surface area contributed by atoms with Crippen LogP contribution in [-0.4, -0.2) is 48.2 Å². The molecule has 1 amide bonds. The van der Waals surface area contributed by atoms with Gasteiger partial charge in [0.1, 0.15) is 0 Å². The van der Waals surface area contributed by atoms with Gasteiger partial charge in [0.15, 0.2) is 5.76 Å². The number of rotatable bonds is 6. The third-order valence-electron chi connectivity index (χ3n) is 4.80. The Kier molecular flexibility index (Phi) is 5.89. The largest absolute Gasteiger partial charge is 0.459 e. The van der Waals surface area contributed by atoms with Gasteiger partial charge >= 0.3 is 0 Å². The monoisotopic (exact) mass is 342 g/mol. The summed E-state index contributed by atoms with van der Waals surface area (Å²) in [5.74, 6) is 0.754. The number of β-amino-alcohol motifs (C(OH)–C–C–N with tert-alkyl or cyclic N) is 1. The van der Waals surface area contributed by atoms with E-state index in [1.54, 1.807) is 6.07 Å². The van der Waals surface area contributed by atoms with Crippen molar-refractivity contribution in [3.8, 4) is 11.1 Å². The second-order valence-corrected chi connectivity index (χ2v) is 6.88. The fourth-order valence-electron chi connectivity index (χ4n) is 3.23. The molecule has 0 bridgehead atoms. The molecule has 2 aromatic rings. The van der Waals surface area contributed by atoms with E-state index in [1.807, 2.05) is 30.3 Å². The number of hydrogen-bond donors (Lipinski definition) is 2. The van der Waals surface area contributed by atoms with E-state index in [0.29, 0.717) is 6.54 Å². The molecular formula is C20H26N2O3. The van der Waals surface area contributed by atoms with Crippen molar-refractivity contribution in [1.29, 1.82) is 0 Å². The van der Waals surface area contributed by atoms with E-state index in [4.69, 9.17) is 4.42 Å². The molecule has 1 saturated heterocycles. The van der Waals surface area contributed by atoms with E-state index in [-0.39, 0.29) is 18.2 Å². The Hall–Kier alpha value is -2.11. The lowest BCUT2D eigenvalue weighted by molar-refractivity contribution is 0.0780. The Labute approximate surface area is 148 Å². The van der Waals surface area contributed by atoms with Crippen molar-refractivity contribution < 1.29 is 14.3 Å². The van der Waals surface area contributed by atoms with Crippen LogP contribution in [0.15, 0.2) is 47.1 Å². The highest BCUT2D eigenvalue weighted by atomic mass is 16.3. The van der Waals surface area contributed by atoms with Crippen LogP contribution >= 0.6 is 0 Å². The van der Waals surface area contributed by atoms with Crippen LogP contribution in [0.4, 0.5) is 0 Å². The smallest absolute Gasteiger partial charge is 0.287 e. The van der Waals surface area contributed by atoms with Gasteiger partial charge in [-0.15, -0.1) is 0 Å². The average Bonchev–Trinajstić information content (AvgIpc) is 3.12. The molecular weight excluding hydrogens is 316 g/mol. The number of piperidine rings is 1. The SMILES string of the molecule is CC1CCN(CC(O)CNC(=O)c2occc2-c2ccccc2)CC1. The van der Waals surface area contributed by atoms with Gasteiger partial charge in [0.2, 0.25) is 0 Å². The molecule has 1 fully saturated rings. The van der Waals surface area contributed by atoms with Crippen molar-refractivity contribution in [3.05, 3.63) is 48.4 Å². The number of aliphatic hydroxyl groups is 1. The maximum absolute atomic E-state index is 12.4. The van der Waals surface area contributed by atoms with Gasteiger partial charge in [-0.25, -0.2) is 0 Å². The van der Waals surface area contributed by atoms with Crippen LogP contribution in [0.1, 0.15) is 30.3 Å². The minimum absolute atomic E-state index is 0.222. The first kappa shape index (κ1) is 17.7. The first-order valence-corrected chi connectivity index (χ1v) is 8.95. The Bertz CT molecular complexity index is 675. The van der Waals surface area contributed by atoms with Crippen LogP contribution < -0.4 is 5.32 Å². The highest BCUT2D eigenvalue weighted by Gasteiger charge is 2.20. The van der Waals surface area contributed by atoms with Crippen LogP contribution in [-0.2, 0) is 0 Å². The molecule has 1 unspecified atom stereocenters. The topological polar surface area (TPSA) is 65.7 Å². The number of furan rings is 1. The van der Waals surface area contributed by atoms with E-state index in [1.165, 1.54) is 19.1 Å². The zero-order chi connectivity index (χ0) is 17.6. The maximum Gasteiger partial charge on any atom is 0.287 e. The lowest BCUT2D eigenvalue weighted by Crippen LogP contribution is -2.43. The van der Waals surface area contributed by atoms with Crippen molar-refractivity contribution in [2.24, 2.45) is 5.92 Å². The lowest BCUT2D eigenvalue weighted by Gasteiger charge is -2.31. The molecule has 2 heterocycles. The molecule has 25 heavy (non-hydrogen) atoms. The molecule has 0 radical (unpaired) electrons. The van der Waals surface area contributed by atoms with Crippen molar-refractivity contribution in [2.45, 2.75) is 25.9 Å². The first-order chi connectivity index (χ1) is 12.1. The predicted molar refractivity (Wildman–Crippen MR) is 97.3 cm³/mol. The van der Waals surface area contributed by atoms with Crippen molar-refractivity contribution in [1.82, 2.24) is 10.2 Å². The zero-order valence-electron chi connectivity index (χ0n) is 14.6. The van der Waals surface area contributed by atoms with Gasteiger partial charge in [0.25, 0.3) is 5.91 Å². The summed E-state index contributed by atoms with van der Waals surface area (Å²) in [6, 6.07) is 11.4. The molecule has 1 aliphatic rings. The van der Waals surface area contributed by atoms with E-state index in [9.17, 15) is 9.90 Å². The van der Waals surface area contributed by atoms with Gasteiger partial charge in [-0.05, 0) is 43.5 Å². The normalized spacial score (nSPS) is 17.4. The zero-order valence-corrected chi connectivity index (χ0v) is 14.6. The molecule has 1 aliphatic heterocycles. The fraction of sp³-hybridized carbons (Fsp3) is 0.450. The number of benzene rings is 1. The Morgan fingerprint density at radius 2 is 2.00 bits per heavy atom. The summed E-state index contributed by atoms with van der Waals surface area (Å²) >= 11 is 0. The highest BCUT2D eigenvalue weighted by Crippen LogP contribution is 2.24. The van der Waals surface area contributed by atoms with E-state index in [0.717, 1.165) is 30.1 Å². The number of nitrogens with one attached hydrogen (secondary N) is 1. The number of likely N-dealkylation sites (tertiary alicyclic amines) is 1. The molecule has 5 nitrogen and oxygen atoms in total. The van der Waals surface area contributed by atoms with Crippen LogP contribution in [0, 0.1) is 5.92 Å². The van der Waals surface area contributed by atoms with Gasteiger partial charge in [-0.1, -0.05) is 37.3 Å². The van der Waals surface area contributed by atoms with Gasteiger partial charge in [0.05, 0.1) is 12.4 Å². The summed E-state index contributed by atoms with van der Waals surface area (Å²) < 4.78 is 5.37. The van der Waals surface area contributed by atoms with Crippen LogP contribution in [0.2, 0.25) is 0 Å². The van der Waals surface area contributed by atoms with Crippen molar-refractivity contribution in [2.75, 3.05) is 26.2 Å². The Balaban J connectivity index is 1.52. The first-order valence-electron chi connectivity index (χ1n) is 8.95. The summed E-state index contributed by atoms with van der Waals surface area (Å²) in [7, 11) is 0. The third-order valence-corrected chi connectivity index (χ3v) is 4.80. The number of hydrogen-bond acceptors (Lipinski definition) is 4. The predicted octanol–water partition coefficient (Wildman–Crippen LogP) is 2.77. The maximum atomic E-state index is 12.4. The molecule has 0 saturated carbocycles. The summed E-state index contributed by atoms with van der Waals surface area (Å²) in [5.41, 5.74) is 1.70. The molecule has 5 heteroatoms. The summed E-state index contributed by atoms with van der Waals surface area (Å²) in [5, 5.41) is 13.0. The molecule has 134 valence electrons. The molecule has 1 atom stereocenters. The summed E-state index contributed by atoms with van der Waals surface area (Å²) in [4.78, 5) is 14.7. The van der Waals surface area contributed by atoms with E-state index < -0.39 is 6.10 Å². The number of amides is 1. The minimum atomic E-state index is -0.576. The molecule has 3 rings (SSSR count). The molecule has 2 N–H and O–H groups in total. The molecule has 0 spiro atoms. The number of carbonyl (C=O) groups excluding carboxylic acids is 1. The lowest BCUT2D eigenvalue weighted by atomic mass is 9.99. The van der Waals surface area contributed by atoms with Gasteiger partial charge < -0.3 is 19.7 Å². The second-order valence-electron chi connectivity index (χ2n) is 6.88. The van der Waals surface area contributed by atoms with Gasteiger partial charge in [0, 0.05) is 18.7 Å². The second kappa shape index (κ2) is 8.32. The quantitative estimate of drug-likeness (QED) is 0.847. The van der Waals surface area contributed by atoms with E-state index >= 15 is 0 Å². The fourth-order valence-corrected chi connectivity index (χ4v) is 3.23. The van der Waals surface area contributed by atoms with Crippen LogP contribution in [0.25, 0.3) is 11.1 Å². The summed E-state index contributed by atoms with van der Waals surface area (Å²) in [6.07, 6.45) is 3.29. The standard InChI is InChI=1S/C20H26N2O3/c1-15-7-10-22(11-8-15)14-17(23)13-21-20(24)19-18(9-12-25-19)16-5-3-2-4-6-16/h2-6,9,12,15,17,23H,7-8,10-11,13-14H2,1H3,(H,21,24). The van der Waals surface area contributed by atoms with Gasteiger partial charge in [-0.2, -0.15) is 0 Å². The van der Waals surface area contributed by atoms with Gasteiger partial charge in [-0.3, -0.25) is 4.79 Å². The molecule has 1 aromatic carbocycles. The average molecular weight is 342 g/mol. The van der Waals surface area contributed by atoms with Crippen molar-refractivity contribution >= 4 is 5.91 Å². The Morgan fingerprint density at radius 3 is 2.72 bits per heavy atom. The number of nitrogens with zero attached hydrogens (tertiary/aromatic N) is 1. The summed E-state index contributed by atoms with van der Waals surface area (Å²) in [6.45, 7) is 5.11. The third kappa shape index (κ3) is 4.71. The van der Waals surface area contributed by atoms with Crippen molar-refractivity contribution in [3.63, 3.8) is 0 Å². The highest BCUT2D eigenvalue weighted by molar-refractivity contribution is 5.98. The molecule has 0 aliphatic carbocycles. The van der Waals surface area contributed by atoms with E-state index in [2.05, 4.69) is 17.1 Å². The number of aliphatic hydroxyl groups excluding tert-OH is 1. The Morgan fingerprint density at radius 1 is 1.28 bits per heavy atom. The number of carbonyl (C=O) groups is 1. The molecule has 1 aromatic heterocycles.